The number of esters is 3. The molecule has 6 nitrogen and oxygen atoms in total. The van der Waals surface area contributed by atoms with Gasteiger partial charge in [-0.2, -0.15) is 0 Å². The maximum Gasteiger partial charge on any atom is 0.306 e. The average molecular weight is 1040 g/mol. The molecule has 6 heteroatoms. The average Bonchev–Trinajstić information content (AvgIpc) is 3.41. The molecule has 1 unspecified atom stereocenters. The van der Waals surface area contributed by atoms with Crippen molar-refractivity contribution in [3.05, 3.63) is 122 Å². The molecule has 0 fully saturated rings. The summed E-state index contributed by atoms with van der Waals surface area (Å²) in [6.45, 7) is 6.39. The fraction of sp³-hybridized carbons (Fsp3) is 0.667. The van der Waals surface area contributed by atoms with Gasteiger partial charge in [0.2, 0.25) is 0 Å². The van der Waals surface area contributed by atoms with Crippen LogP contribution in [-0.2, 0) is 28.6 Å². The van der Waals surface area contributed by atoms with Gasteiger partial charge in [-0.15, -0.1) is 0 Å². The maximum absolute atomic E-state index is 12.9. The third-order valence-corrected chi connectivity index (χ3v) is 13.0. The molecule has 0 radical (unpaired) electrons. The second kappa shape index (κ2) is 62.4. The normalized spacial score (nSPS) is 12.9. The van der Waals surface area contributed by atoms with Gasteiger partial charge in [-0.05, 0) is 109 Å². The lowest BCUT2D eigenvalue weighted by molar-refractivity contribution is -0.167. The van der Waals surface area contributed by atoms with Crippen LogP contribution in [0.25, 0.3) is 0 Å². The smallest absolute Gasteiger partial charge is 0.306 e. The largest absolute Gasteiger partial charge is 0.462 e. The molecule has 0 aromatic rings. The van der Waals surface area contributed by atoms with Crippen molar-refractivity contribution >= 4 is 17.9 Å². The Balaban J connectivity index is 4.47. The molecule has 0 aliphatic carbocycles. The van der Waals surface area contributed by atoms with E-state index in [4.69, 9.17) is 14.2 Å². The summed E-state index contributed by atoms with van der Waals surface area (Å²) in [6.07, 6.45) is 86.2. The molecule has 0 aliphatic heterocycles. The van der Waals surface area contributed by atoms with Crippen molar-refractivity contribution in [2.24, 2.45) is 0 Å². The van der Waals surface area contributed by atoms with Crippen LogP contribution in [0, 0.1) is 0 Å². The molecule has 0 rings (SSSR count). The van der Waals surface area contributed by atoms with E-state index in [9.17, 15) is 14.4 Å². The second-order valence-corrected chi connectivity index (χ2v) is 20.2. The van der Waals surface area contributed by atoms with Gasteiger partial charge in [-0.3, -0.25) is 14.4 Å². The quantitative estimate of drug-likeness (QED) is 0.0261. The van der Waals surface area contributed by atoms with E-state index in [2.05, 4.69) is 142 Å². The van der Waals surface area contributed by atoms with Crippen molar-refractivity contribution in [2.75, 3.05) is 13.2 Å². The molecular weight excluding hydrogens is 925 g/mol. The van der Waals surface area contributed by atoms with Crippen LogP contribution in [0.2, 0.25) is 0 Å². The molecule has 0 N–H and O–H groups in total. The van der Waals surface area contributed by atoms with Gasteiger partial charge in [0.15, 0.2) is 6.10 Å². The minimum atomic E-state index is -0.805. The summed E-state index contributed by atoms with van der Waals surface area (Å²) in [5.74, 6) is -0.942. The Bertz CT molecular complexity index is 1570. The summed E-state index contributed by atoms with van der Waals surface area (Å²) in [7, 11) is 0. The number of hydrogen-bond acceptors (Lipinski definition) is 6. The molecule has 0 amide bonds. The monoisotopic (exact) mass is 1040 g/mol. The highest BCUT2D eigenvalue weighted by atomic mass is 16.6. The number of allylic oxidation sites excluding steroid dienone is 20. The standard InChI is InChI=1S/C69H114O6/c1-4-7-10-13-16-19-22-25-28-31-32-33-34-35-36-39-41-44-47-50-53-56-59-62-68(71)74-65-66(75-69(72)63-60-57-54-51-48-45-42-38-30-27-24-21-18-15-12-9-6-3)64-73-67(70)61-58-55-52-49-46-43-40-37-29-26-23-20-17-14-11-8-5-2/h7,9-10,12,16,18-19,21,25,27-28,30,32-33,35-36,41-42,44-45,66H,4-6,8,11,13-15,17,20,22-24,26,29,31,34,37-40,43,46-65H2,1-3H3/b10-7-,12-9-,19-16-,21-18-,28-25-,30-27-,33-32-,36-35-,44-41-,45-42-. The first-order chi connectivity index (χ1) is 37.0. The third kappa shape index (κ3) is 60.6. The van der Waals surface area contributed by atoms with E-state index < -0.39 is 6.10 Å². The Labute approximate surface area is 462 Å². The Kier molecular flexibility index (Phi) is 58.9. The molecule has 1 atom stereocenters. The van der Waals surface area contributed by atoms with E-state index in [1.807, 2.05) is 0 Å². The van der Waals surface area contributed by atoms with Crippen molar-refractivity contribution in [3.8, 4) is 0 Å². The van der Waals surface area contributed by atoms with Crippen LogP contribution < -0.4 is 0 Å². The molecule has 0 spiro atoms. The van der Waals surface area contributed by atoms with Gasteiger partial charge in [0.05, 0.1) is 0 Å². The summed E-state index contributed by atoms with van der Waals surface area (Å²) < 4.78 is 16.9. The Morgan fingerprint density at radius 3 is 0.813 bits per heavy atom. The first-order valence-corrected chi connectivity index (χ1v) is 31.0. The highest BCUT2D eigenvalue weighted by molar-refractivity contribution is 5.71. The van der Waals surface area contributed by atoms with Crippen LogP contribution in [-0.4, -0.2) is 37.2 Å². The Morgan fingerprint density at radius 1 is 0.280 bits per heavy atom. The highest BCUT2D eigenvalue weighted by Crippen LogP contribution is 2.16. The molecule has 0 saturated carbocycles. The van der Waals surface area contributed by atoms with Gasteiger partial charge in [0.1, 0.15) is 13.2 Å². The topological polar surface area (TPSA) is 78.9 Å². The zero-order chi connectivity index (χ0) is 54.3. The van der Waals surface area contributed by atoms with Crippen LogP contribution in [0.3, 0.4) is 0 Å². The lowest BCUT2D eigenvalue weighted by atomic mass is 10.0. The molecule has 0 saturated heterocycles. The van der Waals surface area contributed by atoms with E-state index in [0.29, 0.717) is 19.3 Å². The summed E-state index contributed by atoms with van der Waals surface area (Å²) in [6, 6.07) is 0. The van der Waals surface area contributed by atoms with Crippen LogP contribution in [0.15, 0.2) is 122 Å². The van der Waals surface area contributed by atoms with Crippen LogP contribution >= 0.6 is 0 Å². The molecular formula is C69H114O6. The zero-order valence-corrected chi connectivity index (χ0v) is 48.8. The minimum absolute atomic E-state index is 0.0969. The molecule has 0 heterocycles. The molecule has 0 aromatic heterocycles. The van der Waals surface area contributed by atoms with Gasteiger partial charge < -0.3 is 14.2 Å². The molecule has 0 bridgehead atoms. The number of hydrogen-bond donors (Lipinski definition) is 0. The van der Waals surface area contributed by atoms with E-state index in [1.54, 1.807) is 0 Å². The van der Waals surface area contributed by atoms with E-state index in [0.717, 1.165) is 148 Å². The van der Waals surface area contributed by atoms with Gasteiger partial charge in [-0.1, -0.05) is 271 Å². The summed E-state index contributed by atoms with van der Waals surface area (Å²) >= 11 is 0. The van der Waals surface area contributed by atoms with Crippen molar-refractivity contribution in [2.45, 2.75) is 284 Å². The fourth-order valence-corrected chi connectivity index (χ4v) is 8.38. The first-order valence-electron chi connectivity index (χ1n) is 31.0. The maximum atomic E-state index is 12.9. The van der Waals surface area contributed by atoms with E-state index >= 15 is 0 Å². The van der Waals surface area contributed by atoms with Crippen molar-refractivity contribution < 1.29 is 28.6 Å². The lowest BCUT2D eigenvalue weighted by Gasteiger charge is -2.18. The zero-order valence-electron chi connectivity index (χ0n) is 48.8. The Morgan fingerprint density at radius 2 is 0.520 bits per heavy atom. The summed E-state index contributed by atoms with van der Waals surface area (Å²) in [5.41, 5.74) is 0. The molecule has 75 heavy (non-hydrogen) atoms. The number of unbranched alkanes of at least 4 members (excludes halogenated alkanes) is 24. The van der Waals surface area contributed by atoms with Gasteiger partial charge >= 0.3 is 17.9 Å². The van der Waals surface area contributed by atoms with Crippen molar-refractivity contribution in [1.82, 2.24) is 0 Å². The summed E-state index contributed by atoms with van der Waals surface area (Å²) in [5, 5.41) is 0. The fourth-order valence-electron chi connectivity index (χ4n) is 8.38. The highest BCUT2D eigenvalue weighted by Gasteiger charge is 2.19. The van der Waals surface area contributed by atoms with Gasteiger partial charge in [0, 0.05) is 19.3 Å². The molecule has 426 valence electrons. The van der Waals surface area contributed by atoms with Crippen LogP contribution in [0.1, 0.15) is 278 Å². The lowest BCUT2D eigenvalue weighted by Crippen LogP contribution is -2.30. The number of ether oxygens (including phenoxy) is 3. The van der Waals surface area contributed by atoms with Gasteiger partial charge in [-0.25, -0.2) is 0 Å². The minimum Gasteiger partial charge on any atom is -0.462 e. The van der Waals surface area contributed by atoms with Crippen LogP contribution in [0.4, 0.5) is 0 Å². The molecule has 0 aliphatic rings. The SMILES string of the molecule is CC/C=C\C/C=C\C/C=C\C/C=C\C/C=C\C/C=C\CCCCCCC(=O)OCC(COC(=O)CCCCCCCCCCCCCCCCCCC)OC(=O)CCCCCC/C=C\C/C=C\C/C=C\C/C=C\CC. The third-order valence-electron chi connectivity index (χ3n) is 13.0. The van der Waals surface area contributed by atoms with E-state index in [-0.39, 0.29) is 31.1 Å². The van der Waals surface area contributed by atoms with E-state index in [1.165, 1.54) is 89.9 Å². The predicted molar refractivity (Wildman–Crippen MR) is 325 cm³/mol. The Hall–Kier alpha value is -4.19. The summed E-state index contributed by atoms with van der Waals surface area (Å²) in [4.78, 5) is 38.3. The number of carbonyl (C=O) groups is 3. The predicted octanol–water partition coefficient (Wildman–Crippen LogP) is 21.2. The van der Waals surface area contributed by atoms with Crippen molar-refractivity contribution in [3.63, 3.8) is 0 Å². The first kappa shape index (κ1) is 70.8. The van der Waals surface area contributed by atoms with Gasteiger partial charge in [0.25, 0.3) is 0 Å². The van der Waals surface area contributed by atoms with Crippen molar-refractivity contribution in [1.29, 1.82) is 0 Å². The number of carbonyl (C=O) groups excluding carboxylic acids is 3. The number of rotatable bonds is 55. The second-order valence-electron chi connectivity index (χ2n) is 20.2. The molecule has 0 aromatic carbocycles. The van der Waals surface area contributed by atoms with Crippen LogP contribution in [0.5, 0.6) is 0 Å².